The lowest BCUT2D eigenvalue weighted by Crippen LogP contribution is -2.17. The van der Waals surface area contributed by atoms with Gasteiger partial charge in [0, 0.05) is 16.3 Å². The number of benzene rings is 2. The van der Waals surface area contributed by atoms with Crippen molar-refractivity contribution in [1.29, 1.82) is 0 Å². The van der Waals surface area contributed by atoms with Crippen LogP contribution in [0.5, 0.6) is 5.75 Å². The van der Waals surface area contributed by atoms with E-state index in [4.69, 9.17) is 11.6 Å². The molecule has 1 aromatic heterocycles. The average molecular weight is 383 g/mol. The van der Waals surface area contributed by atoms with Crippen LogP contribution in [0.25, 0.3) is 0 Å². The molecular formula is C20H19ClN4O2. The van der Waals surface area contributed by atoms with Gasteiger partial charge < -0.3 is 5.11 Å². The second-order valence-corrected chi connectivity index (χ2v) is 6.46. The Morgan fingerprint density at radius 3 is 2.67 bits per heavy atom. The highest BCUT2D eigenvalue weighted by Gasteiger charge is 2.12. The Labute approximate surface area is 162 Å². The number of phenols is 1. The standard InChI is InChI=1S/C20H19ClN4O2/c1-13-17(11-22-23-20(27)16-8-4-6-10-19(16)26)14(2)25(24-13)12-15-7-3-5-9-18(15)21/h3-11,26H,12H2,1-2H3,(H,23,27)/b22-11-. The second-order valence-electron chi connectivity index (χ2n) is 6.05. The summed E-state index contributed by atoms with van der Waals surface area (Å²) in [4.78, 5) is 12.1. The fourth-order valence-corrected chi connectivity index (χ4v) is 2.92. The van der Waals surface area contributed by atoms with Crippen LogP contribution in [0.3, 0.4) is 0 Å². The first kappa shape index (κ1) is 18.7. The number of hydrogen-bond donors (Lipinski definition) is 2. The van der Waals surface area contributed by atoms with E-state index in [1.54, 1.807) is 18.3 Å². The molecular weight excluding hydrogens is 364 g/mol. The first-order valence-corrected chi connectivity index (χ1v) is 8.74. The van der Waals surface area contributed by atoms with Crippen molar-refractivity contribution in [3.05, 3.63) is 81.6 Å². The van der Waals surface area contributed by atoms with Gasteiger partial charge in [0.15, 0.2) is 0 Å². The topological polar surface area (TPSA) is 79.5 Å². The molecule has 7 heteroatoms. The Kier molecular flexibility index (Phi) is 5.57. The third-order valence-electron chi connectivity index (χ3n) is 4.22. The molecule has 0 spiro atoms. The Bertz CT molecular complexity index is 1010. The minimum absolute atomic E-state index is 0.0925. The van der Waals surface area contributed by atoms with Crippen molar-refractivity contribution in [3.63, 3.8) is 0 Å². The van der Waals surface area contributed by atoms with Crippen LogP contribution in [0.1, 0.15) is 32.9 Å². The summed E-state index contributed by atoms with van der Waals surface area (Å²) in [6.07, 6.45) is 1.55. The number of rotatable bonds is 5. The second kappa shape index (κ2) is 8.05. The Balaban J connectivity index is 1.75. The monoisotopic (exact) mass is 382 g/mol. The SMILES string of the molecule is Cc1nn(Cc2ccccc2Cl)c(C)c1/C=N\NC(=O)c1ccccc1O. The molecule has 3 aromatic rings. The average Bonchev–Trinajstić information content (AvgIpc) is 2.91. The molecule has 0 bridgehead atoms. The highest BCUT2D eigenvalue weighted by Crippen LogP contribution is 2.19. The van der Waals surface area contributed by atoms with Gasteiger partial charge in [0.05, 0.1) is 24.0 Å². The van der Waals surface area contributed by atoms with Crippen molar-refractivity contribution >= 4 is 23.7 Å². The fourth-order valence-electron chi connectivity index (χ4n) is 2.72. The summed E-state index contributed by atoms with van der Waals surface area (Å²) >= 11 is 6.23. The summed E-state index contributed by atoms with van der Waals surface area (Å²) in [6.45, 7) is 4.36. The molecule has 1 amide bonds. The molecule has 0 fully saturated rings. The number of hydrogen-bond acceptors (Lipinski definition) is 4. The fraction of sp³-hybridized carbons (Fsp3) is 0.150. The molecule has 2 N–H and O–H groups in total. The highest BCUT2D eigenvalue weighted by atomic mass is 35.5. The number of nitrogens with zero attached hydrogens (tertiary/aromatic N) is 3. The number of carbonyl (C=O) groups excluding carboxylic acids is 1. The van der Waals surface area contributed by atoms with Gasteiger partial charge in [-0.1, -0.05) is 41.9 Å². The van der Waals surface area contributed by atoms with E-state index in [9.17, 15) is 9.90 Å². The molecule has 0 saturated carbocycles. The van der Waals surface area contributed by atoms with Gasteiger partial charge in [0.25, 0.3) is 5.91 Å². The lowest BCUT2D eigenvalue weighted by atomic mass is 10.2. The number of hydrazone groups is 1. The Hall–Kier alpha value is -3.12. The molecule has 0 aliphatic carbocycles. The number of aryl methyl sites for hydroxylation is 1. The molecule has 0 saturated heterocycles. The molecule has 6 nitrogen and oxygen atoms in total. The van der Waals surface area contributed by atoms with Crippen LogP contribution in [-0.2, 0) is 6.54 Å². The molecule has 2 aromatic carbocycles. The minimum Gasteiger partial charge on any atom is -0.507 e. The van der Waals surface area contributed by atoms with Gasteiger partial charge in [-0.2, -0.15) is 10.2 Å². The van der Waals surface area contributed by atoms with Gasteiger partial charge in [-0.05, 0) is 37.6 Å². The van der Waals surface area contributed by atoms with E-state index in [2.05, 4.69) is 15.6 Å². The van der Waals surface area contributed by atoms with Gasteiger partial charge in [0.1, 0.15) is 5.75 Å². The maximum absolute atomic E-state index is 12.1. The normalized spacial score (nSPS) is 11.1. The number of para-hydroxylation sites is 1. The zero-order valence-corrected chi connectivity index (χ0v) is 15.7. The number of halogens is 1. The largest absolute Gasteiger partial charge is 0.507 e. The van der Waals surface area contributed by atoms with Crippen molar-refractivity contribution < 1.29 is 9.90 Å². The zero-order chi connectivity index (χ0) is 19.4. The van der Waals surface area contributed by atoms with Gasteiger partial charge >= 0.3 is 0 Å². The lowest BCUT2D eigenvalue weighted by Gasteiger charge is -2.06. The molecule has 138 valence electrons. The van der Waals surface area contributed by atoms with E-state index in [1.165, 1.54) is 12.1 Å². The molecule has 1 heterocycles. The summed E-state index contributed by atoms with van der Waals surface area (Å²) in [5.41, 5.74) is 6.08. The van der Waals surface area contributed by atoms with Crippen LogP contribution in [0.2, 0.25) is 5.02 Å². The van der Waals surface area contributed by atoms with Crippen LogP contribution in [0.15, 0.2) is 53.6 Å². The van der Waals surface area contributed by atoms with Crippen LogP contribution in [0, 0.1) is 13.8 Å². The summed E-state index contributed by atoms with van der Waals surface area (Å²) in [6, 6.07) is 13.9. The number of phenolic OH excluding ortho intramolecular Hbond substituents is 1. The van der Waals surface area contributed by atoms with E-state index in [0.29, 0.717) is 11.6 Å². The van der Waals surface area contributed by atoms with Gasteiger partial charge in [-0.25, -0.2) is 5.43 Å². The molecule has 0 unspecified atom stereocenters. The molecule has 27 heavy (non-hydrogen) atoms. The summed E-state index contributed by atoms with van der Waals surface area (Å²) < 4.78 is 1.85. The third-order valence-corrected chi connectivity index (χ3v) is 4.59. The Morgan fingerprint density at radius 1 is 1.22 bits per heavy atom. The van der Waals surface area contributed by atoms with Crippen molar-refractivity contribution in [2.24, 2.45) is 5.10 Å². The molecule has 0 atom stereocenters. The van der Waals surface area contributed by atoms with E-state index in [-0.39, 0.29) is 11.3 Å². The first-order chi connectivity index (χ1) is 13.0. The van der Waals surface area contributed by atoms with Crippen molar-refractivity contribution in [3.8, 4) is 5.75 Å². The molecule has 0 aliphatic heterocycles. The lowest BCUT2D eigenvalue weighted by molar-refractivity contribution is 0.0952. The minimum atomic E-state index is -0.483. The predicted octanol–water partition coefficient (Wildman–Crippen LogP) is 3.67. The number of aromatic hydroxyl groups is 1. The number of carbonyl (C=O) groups is 1. The van der Waals surface area contributed by atoms with Gasteiger partial charge in [0.2, 0.25) is 0 Å². The van der Waals surface area contributed by atoms with Crippen molar-refractivity contribution in [2.75, 3.05) is 0 Å². The zero-order valence-electron chi connectivity index (χ0n) is 15.0. The number of amides is 1. The van der Waals surface area contributed by atoms with E-state index >= 15 is 0 Å². The summed E-state index contributed by atoms with van der Waals surface area (Å²) in [7, 11) is 0. The first-order valence-electron chi connectivity index (χ1n) is 8.36. The van der Waals surface area contributed by atoms with E-state index in [0.717, 1.165) is 22.5 Å². The van der Waals surface area contributed by atoms with Crippen LogP contribution < -0.4 is 5.43 Å². The number of aromatic nitrogens is 2. The predicted molar refractivity (Wildman–Crippen MR) is 105 cm³/mol. The summed E-state index contributed by atoms with van der Waals surface area (Å²) in [5.74, 6) is -0.576. The maximum atomic E-state index is 12.1. The van der Waals surface area contributed by atoms with Crippen LogP contribution >= 0.6 is 11.6 Å². The summed E-state index contributed by atoms with van der Waals surface area (Å²) in [5, 5.41) is 18.9. The van der Waals surface area contributed by atoms with Gasteiger partial charge in [-0.15, -0.1) is 0 Å². The molecule has 0 radical (unpaired) electrons. The van der Waals surface area contributed by atoms with Crippen molar-refractivity contribution in [2.45, 2.75) is 20.4 Å². The smallest absolute Gasteiger partial charge is 0.275 e. The maximum Gasteiger partial charge on any atom is 0.275 e. The number of nitrogens with one attached hydrogen (secondary N) is 1. The van der Waals surface area contributed by atoms with Gasteiger partial charge in [-0.3, -0.25) is 9.48 Å². The molecule has 0 aliphatic rings. The van der Waals surface area contributed by atoms with Crippen molar-refractivity contribution in [1.82, 2.24) is 15.2 Å². The van der Waals surface area contributed by atoms with E-state index in [1.807, 2.05) is 42.8 Å². The third kappa shape index (κ3) is 4.17. The van der Waals surface area contributed by atoms with Crippen LogP contribution in [0.4, 0.5) is 0 Å². The van der Waals surface area contributed by atoms with E-state index < -0.39 is 5.91 Å². The Morgan fingerprint density at radius 2 is 1.93 bits per heavy atom. The molecule has 3 rings (SSSR count). The van der Waals surface area contributed by atoms with Crippen LogP contribution in [-0.4, -0.2) is 27.0 Å². The highest BCUT2D eigenvalue weighted by molar-refractivity contribution is 6.31. The quantitative estimate of drug-likeness (QED) is 0.522.